The van der Waals surface area contributed by atoms with Crippen molar-refractivity contribution in [3.63, 3.8) is 0 Å². The van der Waals surface area contributed by atoms with Crippen LogP contribution in [0.4, 0.5) is 0 Å². The van der Waals surface area contributed by atoms with Gasteiger partial charge in [-0.1, -0.05) is 12.1 Å². The van der Waals surface area contributed by atoms with Gasteiger partial charge < -0.3 is 5.32 Å². The van der Waals surface area contributed by atoms with Crippen molar-refractivity contribution >= 4 is 22.6 Å². The lowest BCUT2D eigenvalue weighted by molar-refractivity contribution is 0.611. The standard InChI is InChI=1S/C12H14IN/c1-3-4-5-12(14-2)10-6-8-11(13)9-7-10/h6-9,12,14H,5H2,1-2H3. The maximum absolute atomic E-state index is 3.27. The number of hydrogen-bond donors (Lipinski definition) is 1. The van der Waals surface area contributed by atoms with Gasteiger partial charge in [0.1, 0.15) is 0 Å². The number of hydrogen-bond acceptors (Lipinski definition) is 1. The van der Waals surface area contributed by atoms with Crippen molar-refractivity contribution in [2.24, 2.45) is 0 Å². The van der Waals surface area contributed by atoms with Gasteiger partial charge in [0.25, 0.3) is 0 Å². The van der Waals surface area contributed by atoms with Crippen molar-refractivity contribution < 1.29 is 0 Å². The van der Waals surface area contributed by atoms with Crippen LogP contribution in [-0.4, -0.2) is 7.05 Å². The molecule has 0 saturated heterocycles. The highest BCUT2D eigenvalue weighted by molar-refractivity contribution is 14.1. The summed E-state index contributed by atoms with van der Waals surface area (Å²) in [5.41, 5.74) is 1.30. The average molecular weight is 299 g/mol. The third-order valence-corrected chi connectivity index (χ3v) is 2.82. The molecule has 0 spiro atoms. The molecule has 0 aliphatic carbocycles. The highest BCUT2D eigenvalue weighted by Gasteiger charge is 2.06. The van der Waals surface area contributed by atoms with Crippen molar-refractivity contribution in [2.45, 2.75) is 19.4 Å². The first-order chi connectivity index (χ1) is 6.77. The van der Waals surface area contributed by atoms with Crippen LogP contribution in [0.1, 0.15) is 24.9 Å². The van der Waals surface area contributed by atoms with Gasteiger partial charge in [-0.3, -0.25) is 0 Å². The normalized spacial score (nSPS) is 11.6. The molecular weight excluding hydrogens is 285 g/mol. The zero-order valence-corrected chi connectivity index (χ0v) is 10.6. The van der Waals surface area contributed by atoms with E-state index >= 15 is 0 Å². The molecule has 1 nitrogen and oxygen atoms in total. The molecular formula is C12H14IN. The molecule has 0 bridgehead atoms. The molecule has 1 rings (SSSR count). The van der Waals surface area contributed by atoms with E-state index in [9.17, 15) is 0 Å². The summed E-state index contributed by atoms with van der Waals surface area (Å²) in [5.74, 6) is 6.02. The molecule has 0 saturated carbocycles. The largest absolute Gasteiger partial charge is 0.312 e. The summed E-state index contributed by atoms with van der Waals surface area (Å²) in [6.45, 7) is 1.88. The van der Waals surface area contributed by atoms with Gasteiger partial charge in [0.05, 0.1) is 0 Å². The fourth-order valence-corrected chi connectivity index (χ4v) is 1.65. The van der Waals surface area contributed by atoms with Crippen molar-refractivity contribution in [1.82, 2.24) is 5.32 Å². The molecule has 14 heavy (non-hydrogen) atoms. The zero-order chi connectivity index (χ0) is 10.4. The fraction of sp³-hybridized carbons (Fsp3) is 0.333. The fourth-order valence-electron chi connectivity index (χ4n) is 1.29. The molecule has 0 heterocycles. The Kier molecular flexibility index (Phi) is 4.99. The minimum atomic E-state index is 0.347. The van der Waals surface area contributed by atoms with E-state index in [4.69, 9.17) is 0 Å². The zero-order valence-electron chi connectivity index (χ0n) is 8.47. The molecule has 0 aliphatic rings. The maximum atomic E-state index is 3.27. The van der Waals surface area contributed by atoms with Gasteiger partial charge in [0, 0.05) is 16.0 Å². The number of halogens is 1. The molecule has 1 N–H and O–H groups in total. The van der Waals surface area contributed by atoms with Gasteiger partial charge in [0.2, 0.25) is 0 Å². The highest BCUT2D eigenvalue weighted by atomic mass is 127. The Balaban J connectivity index is 2.76. The molecule has 0 radical (unpaired) electrons. The van der Waals surface area contributed by atoms with Crippen LogP contribution in [0.15, 0.2) is 24.3 Å². The minimum absolute atomic E-state index is 0.347. The Morgan fingerprint density at radius 1 is 1.36 bits per heavy atom. The van der Waals surface area contributed by atoms with E-state index < -0.39 is 0 Å². The Labute approximate surface area is 99.4 Å². The lowest BCUT2D eigenvalue weighted by Crippen LogP contribution is -2.15. The van der Waals surface area contributed by atoms with Gasteiger partial charge in [-0.25, -0.2) is 0 Å². The summed E-state index contributed by atoms with van der Waals surface area (Å²) in [5, 5.41) is 3.27. The summed E-state index contributed by atoms with van der Waals surface area (Å²) in [7, 11) is 1.97. The van der Waals surface area contributed by atoms with Gasteiger partial charge in [-0.15, -0.1) is 11.8 Å². The first kappa shape index (κ1) is 11.5. The average Bonchev–Trinajstić information content (AvgIpc) is 2.21. The smallest absolute Gasteiger partial charge is 0.0428 e. The Morgan fingerprint density at radius 2 is 2.00 bits per heavy atom. The van der Waals surface area contributed by atoms with E-state index in [-0.39, 0.29) is 0 Å². The predicted molar refractivity (Wildman–Crippen MR) is 69.0 cm³/mol. The van der Waals surface area contributed by atoms with Crippen molar-refractivity contribution in [3.05, 3.63) is 33.4 Å². The third kappa shape index (κ3) is 3.32. The topological polar surface area (TPSA) is 12.0 Å². The van der Waals surface area contributed by atoms with Crippen LogP contribution in [0.5, 0.6) is 0 Å². The van der Waals surface area contributed by atoms with E-state index in [0.717, 1.165) is 6.42 Å². The van der Waals surface area contributed by atoms with E-state index in [1.54, 1.807) is 0 Å². The first-order valence-corrected chi connectivity index (χ1v) is 5.68. The van der Waals surface area contributed by atoms with Crippen LogP contribution >= 0.6 is 22.6 Å². The highest BCUT2D eigenvalue weighted by Crippen LogP contribution is 2.17. The summed E-state index contributed by atoms with van der Waals surface area (Å²) in [6, 6.07) is 8.90. The lowest BCUT2D eigenvalue weighted by Gasteiger charge is -2.13. The van der Waals surface area contributed by atoms with Gasteiger partial charge in [-0.05, 0) is 54.3 Å². The van der Waals surface area contributed by atoms with Crippen LogP contribution in [0.3, 0.4) is 0 Å². The third-order valence-electron chi connectivity index (χ3n) is 2.10. The molecule has 2 heteroatoms. The molecule has 1 aromatic carbocycles. The second-order valence-corrected chi connectivity index (χ2v) is 4.27. The summed E-state index contributed by atoms with van der Waals surface area (Å²) < 4.78 is 1.27. The van der Waals surface area contributed by atoms with Crippen molar-refractivity contribution in [1.29, 1.82) is 0 Å². The lowest BCUT2D eigenvalue weighted by atomic mass is 10.0. The molecule has 74 valence electrons. The van der Waals surface area contributed by atoms with E-state index in [1.807, 2.05) is 14.0 Å². The van der Waals surface area contributed by atoms with E-state index in [0.29, 0.717) is 6.04 Å². The minimum Gasteiger partial charge on any atom is -0.312 e. The molecule has 0 fully saturated rings. The van der Waals surface area contributed by atoms with Crippen LogP contribution in [-0.2, 0) is 0 Å². The molecule has 1 aromatic rings. The second kappa shape index (κ2) is 6.05. The molecule has 0 amide bonds. The van der Waals surface area contributed by atoms with Crippen molar-refractivity contribution in [2.75, 3.05) is 7.05 Å². The van der Waals surface area contributed by atoms with Crippen molar-refractivity contribution in [3.8, 4) is 11.8 Å². The van der Waals surface area contributed by atoms with E-state index in [1.165, 1.54) is 9.13 Å². The quantitative estimate of drug-likeness (QED) is 0.668. The molecule has 0 aromatic heterocycles. The monoisotopic (exact) mass is 299 g/mol. The van der Waals surface area contributed by atoms with Crippen LogP contribution in [0.25, 0.3) is 0 Å². The van der Waals surface area contributed by atoms with Crippen LogP contribution in [0.2, 0.25) is 0 Å². The first-order valence-electron chi connectivity index (χ1n) is 4.60. The molecule has 1 unspecified atom stereocenters. The summed E-state index contributed by atoms with van der Waals surface area (Å²) >= 11 is 2.31. The molecule has 1 atom stereocenters. The Morgan fingerprint density at radius 3 is 2.50 bits per heavy atom. The molecule has 0 aliphatic heterocycles. The van der Waals surface area contributed by atoms with Gasteiger partial charge >= 0.3 is 0 Å². The summed E-state index contributed by atoms with van der Waals surface area (Å²) in [6.07, 6.45) is 0.869. The Hall–Kier alpha value is -0.530. The number of rotatable bonds is 3. The predicted octanol–water partition coefficient (Wildman–Crippen LogP) is 2.97. The number of benzene rings is 1. The Bertz CT molecular complexity index is 332. The van der Waals surface area contributed by atoms with Crippen LogP contribution in [0, 0.1) is 15.4 Å². The van der Waals surface area contributed by atoms with Gasteiger partial charge in [-0.2, -0.15) is 0 Å². The van der Waals surface area contributed by atoms with E-state index in [2.05, 4.69) is 64.0 Å². The SMILES string of the molecule is CC#CCC(NC)c1ccc(I)cc1. The summed E-state index contributed by atoms with van der Waals surface area (Å²) in [4.78, 5) is 0. The maximum Gasteiger partial charge on any atom is 0.0428 e. The van der Waals surface area contributed by atoms with Gasteiger partial charge in [0.15, 0.2) is 0 Å². The van der Waals surface area contributed by atoms with Crippen LogP contribution < -0.4 is 5.32 Å². The second-order valence-electron chi connectivity index (χ2n) is 3.02. The number of nitrogens with one attached hydrogen (secondary N) is 1.